The molecule has 2 heteroatoms. The van der Waals surface area contributed by atoms with Crippen LogP contribution in [0.15, 0.2) is 30.3 Å². The highest BCUT2D eigenvalue weighted by Gasteiger charge is 2.08. The van der Waals surface area contributed by atoms with E-state index in [-0.39, 0.29) is 0 Å². The summed E-state index contributed by atoms with van der Waals surface area (Å²) in [6, 6.07) is 11.1. The standard InChI is InChI=1S/C13H22N2/c1-12(2)15(11-7-6-10-14)13-8-4-3-5-9-13/h3-5,8-9,12H,6-7,10-11,14H2,1-2H3. The van der Waals surface area contributed by atoms with Crippen molar-refractivity contribution in [2.75, 3.05) is 18.0 Å². The fourth-order valence-electron chi connectivity index (χ4n) is 1.73. The van der Waals surface area contributed by atoms with E-state index in [2.05, 4.69) is 49.1 Å². The zero-order valence-electron chi connectivity index (χ0n) is 9.82. The highest BCUT2D eigenvalue weighted by Crippen LogP contribution is 2.16. The Hall–Kier alpha value is -1.02. The maximum Gasteiger partial charge on any atom is 0.0368 e. The molecule has 0 amide bonds. The summed E-state index contributed by atoms with van der Waals surface area (Å²) < 4.78 is 0. The molecule has 0 saturated heterocycles. The molecule has 1 rings (SSSR count). The van der Waals surface area contributed by atoms with Gasteiger partial charge in [0.1, 0.15) is 0 Å². The monoisotopic (exact) mass is 206 g/mol. The van der Waals surface area contributed by atoms with Crippen LogP contribution in [0.25, 0.3) is 0 Å². The van der Waals surface area contributed by atoms with E-state index in [4.69, 9.17) is 5.73 Å². The second kappa shape index (κ2) is 6.46. The minimum Gasteiger partial charge on any atom is -0.369 e. The minimum atomic E-state index is 0.546. The van der Waals surface area contributed by atoms with Gasteiger partial charge in [0.25, 0.3) is 0 Å². The first-order chi connectivity index (χ1) is 7.25. The molecule has 0 unspecified atom stereocenters. The van der Waals surface area contributed by atoms with Crippen molar-refractivity contribution in [3.05, 3.63) is 30.3 Å². The van der Waals surface area contributed by atoms with Crippen LogP contribution in [0.4, 0.5) is 5.69 Å². The zero-order valence-corrected chi connectivity index (χ0v) is 9.82. The van der Waals surface area contributed by atoms with Crippen molar-refractivity contribution < 1.29 is 0 Å². The summed E-state index contributed by atoms with van der Waals surface area (Å²) in [5, 5.41) is 0. The van der Waals surface area contributed by atoms with E-state index in [1.54, 1.807) is 0 Å². The first-order valence-corrected chi connectivity index (χ1v) is 5.77. The van der Waals surface area contributed by atoms with Crippen molar-refractivity contribution in [2.45, 2.75) is 32.7 Å². The maximum atomic E-state index is 5.51. The molecule has 0 aliphatic rings. The van der Waals surface area contributed by atoms with Crippen molar-refractivity contribution in [3.63, 3.8) is 0 Å². The number of unbranched alkanes of at least 4 members (excludes halogenated alkanes) is 1. The molecular weight excluding hydrogens is 184 g/mol. The van der Waals surface area contributed by atoms with Gasteiger partial charge in [-0.3, -0.25) is 0 Å². The summed E-state index contributed by atoms with van der Waals surface area (Å²) in [5.74, 6) is 0. The molecular formula is C13H22N2. The van der Waals surface area contributed by atoms with E-state index in [0.717, 1.165) is 19.5 Å². The number of hydrogen-bond donors (Lipinski definition) is 1. The van der Waals surface area contributed by atoms with Crippen LogP contribution in [-0.2, 0) is 0 Å². The Balaban J connectivity index is 2.58. The Bertz CT molecular complexity index is 256. The molecule has 0 spiro atoms. The molecule has 1 aromatic rings. The highest BCUT2D eigenvalue weighted by molar-refractivity contribution is 5.46. The van der Waals surface area contributed by atoms with Crippen LogP contribution in [0.2, 0.25) is 0 Å². The summed E-state index contributed by atoms with van der Waals surface area (Å²) in [7, 11) is 0. The fraction of sp³-hybridized carbons (Fsp3) is 0.538. The average molecular weight is 206 g/mol. The molecule has 0 bridgehead atoms. The Morgan fingerprint density at radius 2 is 1.80 bits per heavy atom. The largest absolute Gasteiger partial charge is 0.369 e. The van der Waals surface area contributed by atoms with Crippen LogP contribution in [0, 0.1) is 0 Å². The van der Waals surface area contributed by atoms with Gasteiger partial charge in [-0.1, -0.05) is 18.2 Å². The van der Waals surface area contributed by atoms with Crippen molar-refractivity contribution in [2.24, 2.45) is 5.73 Å². The Morgan fingerprint density at radius 3 is 2.33 bits per heavy atom. The van der Waals surface area contributed by atoms with Gasteiger partial charge < -0.3 is 10.6 Å². The van der Waals surface area contributed by atoms with E-state index in [1.165, 1.54) is 12.1 Å². The second-order valence-electron chi connectivity index (χ2n) is 4.12. The maximum absolute atomic E-state index is 5.51. The summed E-state index contributed by atoms with van der Waals surface area (Å²) in [4.78, 5) is 2.43. The predicted molar refractivity (Wildman–Crippen MR) is 67.2 cm³/mol. The van der Waals surface area contributed by atoms with Gasteiger partial charge in [-0.25, -0.2) is 0 Å². The van der Waals surface area contributed by atoms with Crippen molar-refractivity contribution in [1.82, 2.24) is 0 Å². The molecule has 0 aromatic heterocycles. The molecule has 0 aliphatic heterocycles. The lowest BCUT2D eigenvalue weighted by molar-refractivity contribution is 0.635. The van der Waals surface area contributed by atoms with E-state index >= 15 is 0 Å². The molecule has 0 aliphatic carbocycles. The van der Waals surface area contributed by atoms with Gasteiger partial charge >= 0.3 is 0 Å². The first-order valence-electron chi connectivity index (χ1n) is 5.77. The number of hydrogen-bond acceptors (Lipinski definition) is 2. The summed E-state index contributed by atoms with van der Waals surface area (Å²) in [5.41, 5.74) is 6.82. The first kappa shape index (κ1) is 12.1. The third-order valence-electron chi connectivity index (χ3n) is 2.56. The summed E-state index contributed by atoms with van der Waals surface area (Å²) in [6.45, 7) is 6.35. The number of para-hydroxylation sites is 1. The smallest absolute Gasteiger partial charge is 0.0368 e. The predicted octanol–water partition coefficient (Wildman–Crippen LogP) is 2.64. The fourth-order valence-corrected chi connectivity index (χ4v) is 1.73. The van der Waals surface area contributed by atoms with Crippen LogP contribution in [0.5, 0.6) is 0 Å². The lowest BCUT2D eigenvalue weighted by Crippen LogP contribution is -2.31. The van der Waals surface area contributed by atoms with E-state index in [9.17, 15) is 0 Å². The molecule has 0 fully saturated rings. The van der Waals surface area contributed by atoms with Gasteiger partial charge in [-0.15, -0.1) is 0 Å². The van der Waals surface area contributed by atoms with Crippen LogP contribution in [-0.4, -0.2) is 19.1 Å². The SMILES string of the molecule is CC(C)N(CCCCN)c1ccccc1. The number of nitrogens with zero attached hydrogens (tertiary/aromatic N) is 1. The van der Waals surface area contributed by atoms with Gasteiger partial charge in [-0.05, 0) is 45.4 Å². The third-order valence-corrected chi connectivity index (χ3v) is 2.56. The minimum absolute atomic E-state index is 0.546. The molecule has 15 heavy (non-hydrogen) atoms. The van der Waals surface area contributed by atoms with Gasteiger partial charge in [0, 0.05) is 18.3 Å². The van der Waals surface area contributed by atoms with Gasteiger partial charge in [0.15, 0.2) is 0 Å². The molecule has 2 nitrogen and oxygen atoms in total. The van der Waals surface area contributed by atoms with Crippen LogP contribution >= 0.6 is 0 Å². The van der Waals surface area contributed by atoms with E-state index < -0.39 is 0 Å². The van der Waals surface area contributed by atoms with Crippen LogP contribution < -0.4 is 10.6 Å². The number of anilines is 1. The normalized spacial score (nSPS) is 10.7. The Labute approximate surface area is 93.1 Å². The van der Waals surface area contributed by atoms with Crippen molar-refractivity contribution in [3.8, 4) is 0 Å². The van der Waals surface area contributed by atoms with Gasteiger partial charge in [0.05, 0.1) is 0 Å². The Morgan fingerprint density at radius 1 is 1.13 bits per heavy atom. The zero-order chi connectivity index (χ0) is 11.1. The summed E-state index contributed by atoms with van der Waals surface area (Å²) in [6.07, 6.45) is 2.28. The lowest BCUT2D eigenvalue weighted by Gasteiger charge is -2.29. The molecule has 1 aromatic carbocycles. The Kier molecular flexibility index (Phi) is 5.19. The second-order valence-corrected chi connectivity index (χ2v) is 4.12. The van der Waals surface area contributed by atoms with Crippen LogP contribution in [0.1, 0.15) is 26.7 Å². The van der Waals surface area contributed by atoms with Gasteiger partial charge in [-0.2, -0.15) is 0 Å². The van der Waals surface area contributed by atoms with Crippen molar-refractivity contribution >= 4 is 5.69 Å². The molecule has 2 N–H and O–H groups in total. The lowest BCUT2D eigenvalue weighted by atomic mass is 10.2. The topological polar surface area (TPSA) is 29.3 Å². The molecule has 0 radical (unpaired) electrons. The summed E-state index contributed by atoms with van der Waals surface area (Å²) >= 11 is 0. The molecule has 0 atom stereocenters. The highest BCUT2D eigenvalue weighted by atomic mass is 15.1. The average Bonchev–Trinajstić information content (AvgIpc) is 2.25. The molecule has 0 heterocycles. The van der Waals surface area contributed by atoms with Crippen molar-refractivity contribution in [1.29, 1.82) is 0 Å². The van der Waals surface area contributed by atoms with Gasteiger partial charge in [0.2, 0.25) is 0 Å². The number of nitrogens with two attached hydrogens (primary N) is 1. The number of benzene rings is 1. The number of rotatable bonds is 6. The van der Waals surface area contributed by atoms with E-state index in [1.807, 2.05) is 0 Å². The van der Waals surface area contributed by atoms with Crippen LogP contribution in [0.3, 0.4) is 0 Å². The molecule has 0 saturated carbocycles. The quantitative estimate of drug-likeness (QED) is 0.725. The molecule has 84 valence electrons. The third kappa shape index (κ3) is 3.92. The van der Waals surface area contributed by atoms with E-state index in [0.29, 0.717) is 6.04 Å².